The van der Waals surface area contributed by atoms with E-state index in [0.29, 0.717) is 6.04 Å². The lowest BCUT2D eigenvalue weighted by atomic mass is 9.67. The van der Waals surface area contributed by atoms with Crippen molar-refractivity contribution in [3.63, 3.8) is 0 Å². The zero-order valence-electron chi connectivity index (χ0n) is 10.8. The van der Waals surface area contributed by atoms with Gasteiger partial charge in [0.25, 0.3) is 0 Å². The number of hydrogen-bond acceptors (Lipinski definition) is 3. The Balaban J connectivity index is 1.92. The molecule has 0 saturated heterocycles. The second-order valence-electron chi connectivity index (χ2n) is 5.60. The first-order chi connectivity index (χ1) is 8.50. The topological polar surface area (TPSA) is 42.7 Å². The summed E-state index contributed by atoms with van der Waals surface area (Å²) in [5.41, 5.74) is 2.11. The molecule has 96 valence electrons. The number of nitrogens with zero attached hydrogens (tertiary/aromatic N) is 3. The second kappa shape index (κ2) is 3.85. The van der Waals surface area contributed by atoms with Gasteiger partial charge in [0, 0.05) is 30.1 Å². The zero-order valence-corrected chi connectivity index (χ0v) is 11.6. The lowest BCUT2D eigenvalue weighted by molar-refractivity contribution is 0.168. The minimum atomic E-state index is 0.0974. The highest BCUT2D eigenvalue weighted by Crippen LogP contribution is 2.45. The molecule has 5 heteroatoms. The van der Waals surface area contributed by atoms with Crippen LogP contribution in [0.3, 0.4) is 0 Å². The molecule has 1 N–H and O–H groups in total. The molecule has 2 heterocycles. The molecule has 2 unspecified atom stereocenters. The summed E-state index contributed by atoms with van der Waals surface area (Å²) in [6.45, 7) is 4.37. The molecule has 1 aliphatic carbocycles. The summed E-state index contributed by atoms with van der Waals surface area (Å²) in [5, 5.41) is 3.72. The van der Waals surface area contributed by atoms with E-state index in [0.717, 1.165) is 23.3 Å². The highest BCUT2D eigenvalue weighted by Gasteiger charge is 2.47. The first-order valence-electron chi connectivity index (χ1n) is 6.17. The summed E-state index contributed by atoms with van der Waals surface area (Å²) in [6.07, 6.45) is 4.60. The molecule has 0 radical (unpaired) electrons. The highest BCUT2D eigenvalue weighted by molar-refractivity contribution is 6.22. The number of anilines is 1. The molecule has 0 aliphatic heterocycles. The van der Waals surface area contributed by atoms with Crippen molar-refractivity contribution in [2.75, 3.05) is 5.32 Å². The second-order valence-corrected chi connectivity index (χ2v) is 6.13. The third kappa shape index (κ3) is 1.59. The first-order valence-corrected chi connectivity index (χ1v) is 6.60. The Morgan fingerprint density at radius 3 is 2.89 bits per heavy atom. The third-order valence-corrected chi connectivity index (χ3v) is 4.84. The molecular formula is C13H17ClN4. The van der Waals surface area contributed by atoms with Crippen molar-refractivity contribution in [2.24, 2.45) is 12.5 Å². The van der Waals surface area contributed by atoms with E-state index >= 15 is 0 Å². The lowest BCUT2D eigenvalue weighted by Gasteiger charge is -2.49. The number of aromatic nitrogens is 3. The van der Waals surface area contributed by atoms with Crippen LogP contribution in [0.4, 0.5) is 5.82 Å². The summed E-state index contributed by atoms with van der Waals surface area (Å²) in [7, 11) is 1.99. The first kappa shape index (κ1) is 11.8. The Hall–Kier alpha value is -1.29. The molecule has 0 bridgehead atoms. The number of pyridine rings is 1. The SMILES string of the molecule is Cn1cnc2c(NC3CC(Cl)C3(C)C)nccc21. The number of halogens is 1. The fourth-order valence-electron chi connectivity index (χ4n) is 2.45. The Morgan fingerprint density at radius 2 is 2.22 bits per heavy atom. The van der Waals surface area contributed by atoms with Gasteiger partial charge in [0.05, 0.1) is 11.8 Å². The van der Waals surface area contributed by atoms with E-state index in [4.69, 9.17) is 11.6 Å². The predicted molar refractivity (Wildman–Crippen MR) is 74.0 cm³/mol. The van der Waals surface area contributed by atoms with Crippen LogP contribution in [0.15, 0.2) is 18.6 Å². The van der Waals surface area contributed by atoms with Crippen molar-refractivity contribution in [2.45, 2.75) is 31.7 Å². The predicted octanol–water partition coefficient (Wildman–Crippen LogP) is 2.79. The summed E-state index contributed by atoms with van der Waals surface area (Å²) >= 11 is 6.24. The van der Waals surface area contributed by atoms with Gasteiger partial charge in [-0.25, -0.2) is 9.97 Å². The zero-order chi connectivity index (χ0) is 12.9. The number of rotatable bonds is 2. The van der Waals surface area contributed by atoms with Crippen LogP contribution in [-0.2, 0) is 7.05 Å². The average Bonchev–Trinajstić information content (AvgIpc) is 2.72. The quantitative estimate of drug-likeness (QED) is 0.849. The molecule has 4 nitrogen and oxygen atoms in total. The van der Waals surface area contributed by atoms with Gasteiger partial charge >= 0.3 is 0 Å². The molecule has 0 amide bonds. The van der Waals surface area contributed by atoms with Crippen molar-refractivity contribution in [1.82, 2.24) is 14.5 Å². The van der Waals surface area contributed by atoms with Crippen LogP contribution in [0.5, 0.6) is 0 Å². The van der Waals surface area contributed by atoms with E-state index in [1.807, 2.05) is 30.2 Å². The maximum absolute atomic E-state index is 6.24. The number of hydrogen-bond donors (Lipinski definition) is 1. The normalized spacial score (nSPS) is 26.0. The van der Waals surface area contributed by atoms with Gasteiger partial charge in [0.15, 0.2) is 5.82 Å². The van der Waals surface area contributed by atoms with Crippen LogP contribution < -0.4 is 5.32 Å². The molecule has 18 heavy (non-hydrogen) atoms. The summed E-state index contributed by atoms with van der Waals surface area (Å²) < 4.78 is 2.00. The van der Waals surface area contributed by atoms with Crippen molar-refractivity contribution in [3.05, 3.63) is 18.6 Å². The van der Waals surface area contributed by atoms with Crippen LogP contribution >= 0.6 is 11.6 Å². The van der Waals surface area contributed by atoms with Gasteiger partial charge in [-0.2, -0.15) is 0 Å². The largest absolute Gasteiger partial charge is 0.365 e. The smallest absolute Gasteiger partial charge is 0.154 e. The minimum Gasteiger partial charge on any atom is -0.365 e. The lowest BCUT2D eigenvalue weighted by Crippen LogP contribution is -2.54. The van der Waals surface area contributed by atoms with Crippen molar-refractivity contribution >= 4 is 28.5 Å². The van der Waals surface area contributed by atoms with E-state index in [1.54, 1.807) is 0 Å². The summed E-state index contributed by atoms with van der Waals surface area (Å²) in [5.74, 6) is 0.856. The fraction of sp³-hybridized carbons (Fsp3) is 0.538. The number of imidazole rings is 1. The van der Waals surface area contributed by atoms with Gasteiger partial charge in [0.2, 0.25) is 0 Å². The summed E-state index contributed by atoms with van der Waals surface area (Å²) in [6, 6.07) is 2.34. The monoisotopic (exact) mass is 264 g/mol. The van der Waals surface area contributed by atoms with Crippen LogP contribution in [0, 0.1) is 5.41 Å². The average molecular weight is 265 g/mol. The Bertz CT molecular complexity index is 590. The van der Waals surface area contributed by atoms with Gasteiger partial charge in [-0.05, 0) is 12.5 Å². The molecule has 0 aromatic carbocycles. The highest BCUT2D eigenvalue weighted by atomic mass is 35.5. The molecule has 2 atom stereocenters. The van der Waals surface area contributed by atoms with Crippen LogP contribution in [0.2, 0.25) is 0 Å². The van der Waals surface area contributed by atoms with E-state index in [1.165, 1.54) is 0 Å². The number of alkyl halides is 1. The molecule has 1 fully saturated rings. The van der Waals surface area contributed by atoms with E-state index < -0.39 is 0 Å². The number of aryl methyl sites for hydroxylation is 1. The maximum atomic E-state index is 6.24. The van der Waals surface area contributed by atoms with Gasteiger partial charge < -0.3 is 9.88 Å². The van der Waals surface area contributed by atoms with Crippen molar-refractivity contribution in [1.29, 1.82) is 0 Å². The fourth-order valence-corrected chi connectivity index (χ4v) is 2.78. The Morgan fingerprint density at radius 1 is 1.44 bits per heavy atom. The van der Waals surface area contributed by atoms with Gasteiger partial charge in [-0.1, -0.05) is 13.8 Å². The molecule has 3 rings (SSSR count). The summed E-state index contributed by atoms with van der Waals surface area (Å²) in [4.78, 5) is 8.80. The van der Waals surface area contributed by atoms with Crippen molar-refractivity contribution < 1.29 is 0 Å². The molecular weight excluding hydrogens is 248 g/mol. The van der Waals surface area contributed by atoms with Gasteiger partial charge in [-0.3, -0.25) is 0 Å². The van der Waals surface area contributed by atoms with Crippen LogP contribution in [0.25, 0.3) is 11.0 Å². The van der Waals surface area contributed by atoms with E-state index in [-0.39, 0.29) is 10.8 Å². The molecule has 1 aliphatic rings. The standard InChI is InChI=1S/C13H17ClN4/c1-13(2)9(14)6-10(13)17-12-11-8(4-5-15-12)18(3)7-16-11/h4-5,7,9-10H,6H2,1-3H3,(H,15,17). The Labute approximate surface area is 111 Å². The van der Waals surface area contributed by atoms with Gasteiger partial charge in [0.1, 0.15) is 5.52 Å². The van der Waals surface area contributed by atoms with Crippen molar-refractivity contribution in [3.8, 4) is 0 Å². The minimum absolute atomic E-state index is 0.0974. The third-order valence-electron chi connectivity index (χ3n) is 4.10. The molecule has 2 aromatic rings. The van der Waals surface area contributed by atoms with E-state index in [9.17, 15) is 0 Å². The van der Waals surface area contributed by atoms with Crippen LogP contribution in [0.1, 0.15) is 20.3 Å². The van der Waals surface area contributed by atoms with Crippen LogP contribution in [-0.4, -0.2) is 26.0 Å². The van der Waals surface area contributed by atoms with E-state index in [2.05, 4.69) is 29.1 Å². The number of nitrogens with one attached hydrogen (secondary N) is 1. The Kier molecular flexibility index (Phi) is 2.52. The maximum Gasteiger partial charge on any atom is 0.154 e. The molecule has 2 aromatic heterocycles. The molecule has 1 saturated carbocycles. The number of fused-ring (bicyclic) bond motifs is 1. The van der Waals surface area contributed by atoms with Gasteiger partial charge in [-0.15, -0.1) is 11.6 Å². The molecule has 0 spiro atoms.